The molecule has 17 heavy (non-hydrogen) atoms. The van der Waals surface area contributed by atoms with Crippen molar-refractivity contribution in [2.24, 2.45) is 0 Å². The molecule has 0 atom stereocenters. The standard InChI is InChI=1S/C16H23N/c1-2-4-10-15(9-3-1)17-16-11-13-7-5-6-8-14(13)12-16/h5-8,15-17H,1-4,9-12H2. The molecule has 0 amide bonds. The number of nitrogens with one attached hydrogen (secondary N) is 1. The number of hydrogen-bond acceptors (Lipinski definition) is 1. The number of benzene rings is 1. The molecular weight excluding hydrogens is 206 g/mol. The monoisotopic (exact) mass is 229 g/mol. The molecule has 0 unspecified atom stereocenters. The van der Waals surface area contributed by atoms with Crippen LogP contribution in [0.4, 0.5) is 0 Å². The number of hydrogen-bond donors (Lipinski definition) is 1. The zero-order valence-electron chi connectivity index (χ0n) is 10.6. The van der Waals surface area contributed by atoms with Crippen molar-refractivity contribution in [1.29, 1.82) is 0 Å². The van der Waals surface area contributed by atoms with Crippen LogP contribution in [-0.2, 0) is 12.8 Å². The van der Waals surface area contributed by atoms with E-state index in [1.165, 1.54) is 51.4 Å². The van der Waals surface area contributed by atoms with Gasteiger partial charge in [0, 0.05) is 12.1 Å². The number of fused-ring (bicyclic) bond motifs is 1. The predicted octanol–water partition coefficient (Wildman–Crippen LogP) is 3.47. The first-order valence-electron chi connectivity index (χ1n) is 7.24. The van der Waals surface area contributed by atoms with Crippen LogP contribution >= 0.6 is 0 Å². The second-order valence-electron chi connectivity index (χ2n) is 5.73. The fourth-order valence-corrected chi connectivity index (χ4v) is 3.46. The van der Waals surface area contributed by atoms with Gasteiger partial charge in [-0.3, -0.25) is 0 Å². The molecule has 2 aliphatic carbocycles. The van der Waals surface area contributed by atoms with Gasteiger partial charge in [-0.2, -0.15) is 0 Å². The van der Waals surface area contributed by atoms with Crippen molar-refractivity contribution in [2.75, 3.05) is 0 Å². The van der Waals surface area contributed by atoms with E-state index in [9.17, 15) is 0 Å². The summed E-state index contributed by atoms with van der Waals surface area (Å²) in [6.45, 7) is 0. The highest BCUT2D eigenvalue weighted by Crippen LogP contribution is 2.24. The van der Waals surface area contributed by atoms with Gasteiger partial charge in [0.15, 0.2) is 0 Å². The fourth-order valence-electron chi connectivity index (χ4n) is 3.46. The normalized spacial score (nSPS) is 22.4. The lowest BCUT2D eigenvalue weighted by molar-refractivity contribution is 0.399. The van der Waals surface area contributed by atoms with E-state index < -0.39 is 0 Å². The molecule has 1 aromatic carbocycles. The third-order valence-corrected chi connectivity index (χ3v) is 4.38. The lowest BCUT2D eigenvalue weighted by atomic mass is 10.1. The molecule has 92 valence electrons. The molecule has 0 spiro atoms. The van der Waals surface area contributed by atoms with Crippen LogP contribution < -0.4 is 5.32 Å². The smallest absolute Gasteiger partial charge is 0.0151 e. The third kappa shape index (κ3) is 2.71. The summed E-state index contributed by atoms with van der Waals surface area (Å²) >= 11 is 0. The van der Waals surface area contributed by atoms with Crippen molar-refractivity contribution < 1.29 is 0 Å². The van der Waals surface area contributed by atoms with Gasteiger partial charge in [-0.25, -0.2) is 0 Å². The number of rotatable bonds is 2. The maximum Gasteiger partial charge on any atom is 0.0151 e. The van der Waals surface area contributed by atoms with Gasteiger partial charge in [-0.05, 0) is 36.8 Å². The summed E-state index contributed by atoms with van der Waals surface area (Å²) in [7, 11) is 0. The molecule has 1 N–H and O–H groups in total. The Balaban J connectivity index is 1.57. The Bertz CT molecular complexity index is 339. The minimum Gasteiger partial charge on any atom is -0.311 e. The fraction of sp³-hybridized carbons (Fsp3) is 0.625. The van der Waals surface area contributed by atoms with Gasteiger partial charge in [0.05, 0.1) is 0 Å². The topological polar surface area (TPSA) is 12.0 Å². The van der Waals surface area contributed by atoms with E-state index in [1.807, 2.05) is 0 Å². The van der Waals surface area contributed by atoms with Crippen molar-refractivity contribution in [3.8, 4) is 0 Å². The van der Waals surface area contributed by atoms with Gasteiger partial charge in [0.1, 0.15) is 0 Å². The average Bonchev–Trinajstić information content (AvgIpc) is 2.57. The molecule has 1 saturated carbocycles. The van der Waals surface area contributed by atoms with E-state index in [1.54, 1.807) is 11.1 Å². The van der Waals surface area contributed by atoms with Crippen LogP contribution in [0.3, 0.4) is 0 Å². The third-order valence-electron chi connectivity index (χ3n) is 4.38. The van der Waals surface area contributed by atoms with Crippen LogP contribution in [-0.4, -0.2) is 12.1 Å². The minimum absolute atomic E-state index is 0.704. The summed E-state index contributed by atoms with van der Waals surface area (Å²) < 4.78 is 0. The lowest BCUT2D eigenvalue weighted by Crippen LogP contribution is -2.38. The van der Waals surface area contributed by atoms with Gasteiger partial charge >= 0.3 is 0 Å². The summed E-state index contributed by atoms with van der Waals surface area (Å²) in [5.41, 5.74) is 3.14. The van der Waals surface area contributed by atoms with Crippen molar-refractivity contribution in [1.82, 2.24) is 5.32 Å². The zero-order chi connectivity index (χ0) is 11.5. The van der Waals surface area contributed by atoms with Gasteiger partial charge in [-0.1, -0.05) is 49.9 Å². The Hall–Kier alpha value is -0.820. The highest BCUT2D eigenvalue weighted by atomic mass is 15.0. The Labute approximate surface area is 105 Å². The average molecular weight is 229 g/mol. The van der Waals surface area contributed by atoms with Crippen LogP contribution in [0.5, 0.6) is 0 Å². The molecule has 1 heteroatoms. The molecule has 1 aromatic rings. The van der Waals surface area contributed by atoms with Crippen molar-refractivity contribution >= 4 is 0 Å². The first-order chi connectivity index (χ1) is 8.42. The van der Waals surface area contributed by atoms with E-state index in [2.05, 4.69) is 29.6 Å². The first-order valence-corrected chi connectivity index (χ1v) is 7.24. The summed E-state index contributed by atoms with van der Waals surface area (Å²) in [6, 6.07) is 10.4. The summed E-state index contributed by atoms with van der Waals surface area (Å²) in [4.78, 5) is 0. The van der Waals surface area contributed by atoms with E-state index in [0.717, 1.165) is 6.04 Å². The predicted molar refractivity (Wildman–Crippen MR) is 72.3 cm³/mol. The SMILES string of the molecule is c1ccc2c(c1)CC(NC1CCCCCC1)C2. The Morgan fingerprint density at radius 2 is 1.35 bits per heavy atom. The molecule has 0 aliphatic heterocycles. The summed E-state index contributed by atoms with van der Waals surface area (Å²) in [5, 5.41) is 3.90. The quantitative estimate of drug-likeness (QED) is 0.766. The molecule has 3 rings (SSSR count). The maximum absolute atomic E-state index is 3.90. The maximum atomic E-state index is 3.90. The second-order valence-corrected chi connectivity index (χ2v) is 5.73. The van der Waals surface area contributed by atoms with Crippen LogP contribution in [0.1, 0.15) is 49.7 Å². The van der Waals surface area contributed by atoms with Gasteiger partial charge in [-0.15, -0.1) is 0 Å². The van der Waals surface area contributed by atoms with Crippen LogP contribution in [0.15, 0.2) is 24.3 Å². The summed E-state index contributed by atoms with van der Waals surface area (Å²) in [5.74, 6) is 0. The van der Waals surface area contributed by atoms with E-state index in [-0.39, 0.29) is 0 Å². The lowest BCUT2D eigenvalue weighted by Gasteiger charge is -2.21. The zero-order valence-corrected chi connectivity index (χ0v) is 10.6. The molecule has 0 saturated heterocycles. The first kappa shape index (κ1) is 11.3. The summed E-state index contributed by atoms with van der Waals surface area (Å²) in [6.07, 6.45) is 11.0. The van der Waals surface area contributed by atoms with Crippen LogP contribution in [0.25, 0.3) is 0 Å². The molecule has 0 aromatic heterocycles. The second kappa shape index (κ2) is 5.22. The van der Waals surface area contributed by atoms with Gasteiger partial charge in [0.2, 0.25) is 0 Å². The molecule has 0 heterocycles. The Morgan fingerprint density at radius 1 is 0.765 bits per heavy atom. The Morgan fingerprint density at radius 3 is 1.94 bits per heavy atom. The minimum atomic E-state index is 0.704. The van der Waals surface area contributed by atoms with E-state index in [0.29, 0.717) is 6.04 Å². The van der Waals surface area contributed by atoms with E-state index >= 15 is 0 Å². The van der Waals surface area contributed by atoms with Crippen LogP contribution in [0.2, 0.25) is 0 Å². The van der Waals surface area contributed by atoms with Gasteiger partial charge in [0.25, 0.3) is 0 Å². The largest absolute Gasteiger partial charge is 0.311 e. The Kier molecular flexibility index (Phi) is 3.46. The van der Waals surface area contributed by atoms with Crippen molar-refractivity contribution in [2.45, 2.75) is 63.5 Å². The highest BCUT2D eigenvalue weighted by Gasteiger charge is 2.23. The molecule has 0 bridgehead atoms. The van der Waals surface area contributed by atoms with Crippen molar-refractivity contribution in [3.05, 3.63) is 35.4 Å². The van der Waals surface area contributed by atoms with Crippen molar-refractivity contribution in [3.63, 3.8) is 0 Å². The highest BCUT2D eigenvalue weighted by molar-refractivity contribution is 5.33. The van der Waals surface area contributed by atoms with E-state index in [4.69, 9.17) is 0 Å². The molecule has 1 fully saturated rings. The molecule has 2 aliphatic rings. The molecule has 1 nitrogen and oxygen atoms in total. The molecule has 0 radical (unpaired) electrons. The molecular formula is C16H23N. The van der Waals surface area contributed by atoms with Gasteiger partial charge < -0.3 is 5.32 Å². The van der Waals surface area contributed by atoms with Crippen LogP contribution in [0, 0.1) is 0 Å².